The lowest BCUT2D eigenvalue weighted by molar-refractivity contribution is 0.0368. The molecule has 0 spiro atoms. The molecule has 0 radical (unpaired) electrons. The molecule has 3 rings (SSSR count). The Morgan fingerprint density at radius 3 is 2.13 bits per heavy atom. The molecule has 1 saturated heterocycles. The summed E-state index contributed by atoms with van der Waals surface area (Å²) in [5, 5.41) is 7.02. The fourth-order valence-electron chi connectivity index (χ4n) is 4.89. The topological polar surface area (TPSA) is 73.8 Å². The summed E-state index contributed by atoms with van der Waals surface area (Å²) in [6, 6.07) is 7.75. The summed E-state index contributed by atoms with van der Waals surface area (Å²) in [5.41, 5.74) is 2.20. The van der Waals surface area contributed by atoms with Gasteiger partial charge in [-0.2, -0.15) is 0 Å². The molecule has 0 bridgehead atoms. The summed E-state index contributed by atoms with van der Waals surface area (Å²) in [6.07, 6.45) is 11.8. The standard InChI is InChI=1S/C23H38N4O2S.HI/c1-24-22(25-17-20-9-11-21(12-10-20)18-30(2,28)29)26-19-23(13-5-3-6-14-23)27-15-7-4-8-16-27;/h9-12H,3-8,13-19H2,1-2H3,(H2,24,25,26);1H. The summed E-state index contributed by atoms with van der Waals surface area (Å²) in [6.45, 7) is 4.07. The number of benzene rings is 1. The number of guanidine groups is 1. The van der Waals surface area contributed by atoms with Gasteiger partial charge in [-0.25, -0.2) is 8.42 Å². The zero-order valence-electron chi connectivity index (χ0n) is 19.0. The summed E-state index contributed by atoms with van der Waals surface area (Å²) in [4.78, 5) is 7.17. The van der Waals surface area contributed by atoms with E-state index in [4.69, 9.17) is 0 Å². The lowest BCUT2D eigenvalue weighted by Crippen LogP contribution is -2.59. The Kier molecular flexibility index (Phi) is 10.5. The highest BCUT2D eigenvalue weighted by molar-refractivity contribution is 14.0. The van der Waals surface area contributed by atoms with Crippen molar-refractivity contribution in [3.63, 3.8) is 0 Å². The van der Waals surface area contributed by atoms with Crippen LogP contribution in [-0.4, -0.2) is 57.8 Å². The number of sulfone groups is 1. The molecule has 1 saturated carbocycles. The van der Waals surface area contributed by atoms with Gasteiger partial charge >= 0.3 is 0 Å². The molecule has 2 aliphatic rings. The van der Waals surface area contributed by atoms with Gasteiger partial charge in [-0.15, -0.1) is 24.0 Å². The number of likely N-dealkylation sites (tertiary alicyclic amines) is 1. The molecule has 6 nitrogen and oxygen atoms in total. The van der Waals surface area contributed by atoms with Crippen LogP contribution in [0.4, 0.5) is 0 Å². The van der Waals surface area contributed by atoms with E-state index in [1.54, 1.807) is 0 Å². The first-order valence-corrected chi connectivity index (χ1v) is 13.4. The summed E-state index contributed by atoms with van der Waals surface area (Å²) in [5.74, 6) is 0.917. The lowest BCUT2D eigenvalue weighted by Gasteiger charge is -2.48. The Morgan fingerprint density at radius 1 is 0.968 bits per heavy atom. The minimum absolute atomic E-state index is 0. The van der Waals surface area contributed by atoms with Gasteiger partial charge < -0.3 is 10.6 Å². The van der Waals surface area contributed by atoms with E-state index in [1.807, 2.05) is 31.3 Å². The van der Waals surface area contributed by atoms with Crippen LogP contribution in [0, 0.1) is 0 Å². The smallest absolute Gasteiger partial charge is 0.191 e. The maximum atomic E-state index is 11.4. The van der Waals surface area contributed by atoms with Gasteiger partial charge in [0.1, 0.15) is 0 Å². The maximum Gasteiger partial charge on any atom is 0.191 e. The van der Waals surface area contributed by atoms with Crippen molar-refractivity contribution in [1.82, 2.24) is 15.5 Å². The van der Waals surface area contributed by atoms with Crippen molar-refractivity contribution in [2.24, 2.45) is 4.99 Å². The number of nitrogens with one attached hydrogen (secondary N) is 2. The number of aliphatic imine (C=N–C) groups is 1. The fraction of sp³-hybridized carbons (Fsp3) is 0.696. The van der Waals surface area contributed by atoms with E-state index >= 15 is 0 Å². The van der Waals surface area contributed by atoms with Crippen LogP contribution in [-0.2, 0) is 22.1 Å². The molecule has 1 aromatic rings. The van der Waals surface area contributed by atoms with Crippen molar-refractivity contribution in [2.75, 3.05) is 32.9 Å². The average Bonchev–Trinajstić information content (AvgIpc) is 2.75. The summed E-state index contributed by atoms with van der Waals surface area (Å²) >= 11 is 0. The molecule has 0 aromatic heterocycles. The van der Waals surface area contributed by atoms with Gasteiger partial charge in [-0.1, -0.05) is 49.9 Å². The summed E-state index contributed by atoms with van der Waals surface area (Å²) < 4.78 is 22.9. The normalized spacial score (nSPS) is 20.0. The van der Waals surface area contributed by atoms with Gasteiger partial charge in [0.25, 0.3) is 0 Å². The monoisotopic (exact) mass is 562 g/mol. The Hall–Kier alpha value is -0.870. The lowest BCUT2D eigenvalue weighted by atomic mass is 9.79. The Bertz CT molecular complexity index is 799. The highest BCUT2D eigenvalue weighted by Gasteiger charge is 2.38. The van der Waals surface area contributed by atoms with Gasteiger partial charge in [0.15, 0.2) is 15.8 Å². The van der Waals surface area contributed by atoms with Crippen LogP contribution >= 0.6 is 24.0 Å². The molecule has 0 amide bonds. The molecular formula is C23H39IN4O2S. The first-order valence-electron chi connectivity index (χ1n) is 11.4. The highest BCUT2D eigenvalue weighted by atomic mass is 127. The predicted octanol–water partition coefficient (Wildman–Crippen LogP) is 3.70. The number of halogens is 1. The molecule has 31 heavy (non-hydrogen) atoms. The molecule has 0 atom stereocenters. The van der Waals surface area contributed by atoms with E-state index in [-0.39, 0.29) is 35.3 Å². The van der Waals surface area contributed by atoms with Crippen LogP contribution in [0.3, 0.4) is 0 Å². The van der Waals surface area contributed by atoms with Gasteiger partial charge in [-0.3, -0.25) is 9.89 Å². The number of rotatable bonds is 7. The molecular weight excluding hydrogens is 523 g/mol. The zero-order valence-corrected chi connectivity index (χ0v) is 22.2. The van der Waals surface area contributed by atoms with Crippen LogP contribution in [0.1, 0.15) is 62.5 Å². The van der Waals surface area contributed by atoms with E-state index in [9.17, 15) is 8.42 Å². The van der Waals surface area contributed by atoms with Gasteiger partial charge in [0.05, 0.1) is 5.75 Å². The van der Waals surface area contributed by atoms with E-state index in [2.05, 4.69) is 20.5 Å². The van der Waals surface area contributed by atoms with Crippen molar-refractivity contribution in [2.45, 2.75) is 69.2 Å². The highest BCUT2D eigenvalue weighted by Crippen LogP contribution is 2.35. The molecule has 2 fully saturated rings. The number of nitrogens with zero attached hydrogens (tertiary/aromatic N) is 2. The quantitative estimate of drug-likeness (QED) is 0.301. The van der Waals surface area contributed by atoms with E-state index < -0.39 is 9.84 Å². The van der Waals surface area contributed by atoms with Crippen molar-refractivity contribution >= 4 is 39.8 Å². The fourth-order valence-corrected chi connectivity index (χ4v) is 5.69. The molecule has 1 heterocycles. The number of piperidine rings is 1. The van der Waals surface area contributed by atoms with Crippen molar-refractivity contribution in [3.8, 4) is 0 Å². The first-order chi connectivity index (χ1) is 14.4. The van der Waals surface area contributed by atoms with Crippen molar-refractivity contribution < 1.29 is 8.42 Å². The molecule has 176 valence electrons. The van der Waals surface area contributed by atoms with Crippen LogP contribution < -0.4 is 10.6 Å². The largest absolute Gasteiger partial charge is 0.355 e. The third-order valence-electron chi connectivity index (χ3n) is 6.53. The minimum Gasteiger partial charge on any atom is -0.355 e. The number of hydrogen-bond donors (Lipinski definition) is 2. The van der Waals surface area contributed by atoms with E-state index in [0.29, 0.717) is 6.54 Å². The third kappa shape index (κ3) is 8.20. The molecule has 0 unspecified atom stereocenters. The van der Waals surface area contributed by atoms with Crippen molar-refractivity contribution in [3.05, 3.63) is 35.4 Å². The van der Waals surface area contributed by atoms with Gasteiger partial charge in [-0.05, 0) is 49.9 Å². The van der Waals surface area contributed by atoms with Crippen LogP contribution in [0.2, 0.25) is 0 Å². The van der Waals surface area contributed by atoms with Crippen LogP contribution in [0.25, 0.3) is 0 Å². The van der Waals surface area contributed by atoms with E-state index in [1.165, 1.54) is 70.7 Å². The molecule has 2 N–H and O–H groups in total. The SMILES string of the molecule is CN=C(NCc1ccc(CS(C)(=O)=O)cc1)NCC1(N2CCCCC2)CCCCC1.I. The van der Waals surface area contributed by atoms with Crippen LogP contribution in [0.15, 0.2) is 29.3 Å². The van der Waals surface area contributed by atoms with Gasteiger partial charge in [0, 0.05) is 31.9 Å². The van der Waals surface area contributed by atoms with Crippen molar-refractivity contribution in [1.29, 1.82) is 0 Å². The average molecular weight is 563 g/mol. The maximum absolute atomic E-state index is 11.4. The predicted molar refractivity (Wildman–Crippen MR) is 140 cm³/mol. The third-order valence-corrected chi connectivity index (χ3v) is 7.39. The second kappa shape index (κ2) is 12.4. The first kappa shape index (κ1) is 26.4. The Labute approximate surface area is 205 Å². The molecule has 1 aliphatic heterocycles. The van der Waals surface area contributed by atoms with E-state index in [0.717, 1.165) is 23.6 Å². The molecule has 1 aliphatic carbocycles. The van der Waals surface area contributed by atoms with Gasteiger partial charge in [0.2, 0.25) is 0 Å². The minimum atomic E-state index is -3.00. The zero-order chi connectivity index (χ0) is 21.5. The Morgan fingerprint density at radius 2 is 1.55 bits per heavy atom. The Balaban J connectivity index is 0.00000341. The molecule has 8 heteroatoms. The second-order valence-corrected chi connectivity index (χ2v) is 11.1. The summed E-state index contributed by atoms with van der Waals surface area (Å²) in [7, 11) is -1.18. The van der Waals surface area contributed by atoms with Crippen LogP contribution in [0.5, 0.6) is 0 Å². The molecule has 1 aromatic carbocycles. The second-order valence-electron chi connectivity index (χ2n) is 9.00. The number of hydrogen-bond acceptors (Lipinski definition) is 4.